The van der Waals surface area contributed by atoms with Gasteiger partial charge in [-0.1, -0.05) is 44.5 Å². The first-order valence-electron chi connectivity index (χ1n) is 8.13. The Morgan fingerprint density at radius 3 is 2.43 bits per heavy atom. The van der Waals surface area contributed by atoms with E-state index >= 15 is 0 Å². The van der Waals surface area contributed by atoms with Crippen molar-refractivity contribution in [1.82, 2.24) is 5.32 Å². The molecule has 3 nitrogen and oxygen atoms in total. The fraction of sp³-hybridized carbons (Fsp3) is 0.611. The topological polar surface area (TPSA) is 38.3 Å². The summed E-state index contributed by atoms with van der Waals surface area (Å²) in [6, 6.07) is 7.76. The zero-order valence-corrected chi connectivity index (χ0v) is 13.7. The van der Waals surface area contributed by atoms with E-state index in [4.69, 9.17) is 4.74 Å². The first kappa shape index (κ1) is 17.9. The molecule has 1 N–H and O–H groups in total. The maximum absolute atomic E-state index is 12.3. The number of carbonyl (C=O) groups is 1. The minimum atomic E-state index is -0.145. The van der Waals surface area contributed by atoms with E-state index in [1.165, 1.54) is 12.0 Å². The number of nitrogens with one attached hydrogen (secondary N) is 1. The molecule has 0 saturated heterocycles. The Bertz CT molecular complexity index is 400. The van der Waals surface area contributed by atoms with E-state index in [0.29, 0.717) is 0 Å². The molecule has 0 saturated carbocycles. The third-order valence-electron chi connectivity index (χ3n) is 3.60. The van der Waals surface area contributed by atoms with Crippen molar-refractivity contribution in [2.24, 2.45) is 0 Å². The molecule has 21 heavy (non-hydrogen) atoms. The van der Waals surface area contributed by atoms with Crippen molar-refractivity contribution >= 4 is 5.78 Å². The quantitative estimate of drug-likeness (QED) is 0.500. The standard InChI is InChI=1S/C18H29NO2/c1-4-6-13-21-14-7-12-19-15(3)18(20)17-10-8-16(5-2)9-11-17/h8-11,15,19H,4-7,12-14H2,1-3H3. The lowest BCUT2D eigenvalue weighted by Crippen LogP contribution is -2.35. The number of ether oxygens (including phenoxy) is 1. The average Bonchev–Trinajstić information content (AvgIpc) is 2.53. The fourth-order valence-electron chi connectivity index (χ4n) is 2.09. The molecular formula is C18H29NO2. The highest BCUT2D eigenvalue weighted by Gasteiger charge is 2.13. The van der Waals surface area contributed by atoms with Gasteiger partial charge < -0.3 is 10.1 Å². The molecule has 1 unspecified atom stereocenters. The summed E-state index contributed by atoms with van der Waals surface area (Å²) >= 11 is 0. The number of carbonyl (C=O) groups excluding carboxylic acids is 1. The van der Waals surface area contributed by atoms with Gasteiger partial charge in [0, 0.05) is 18.8 Å². The van der Waals surface area contributed by atoms with E-state index in [0.717, 1.165) is 44.6 Å². The number of aryl methyl sites for hydroxylation is 1. The average molecular weight is 291 g/mol. The van der Waals surface area contributed by atoms with Gasteiger partial charge in [-0.3, -0.25) is 4.79 Å². The summed E-state index contributed by atoms with van der Waals surface area (Å²) in [7, 11) is 0. The highest BCUT2D eigenvalue weighted by Crippen LogP contribution is 2.07. The van der Waals surface area contributed by atoms with E-state index in [-0.39, 0.29) is 11.8 Å². The summed E-state index contributed by atoms with van der Waals surface area (Å²) in [4.78, 5) is 12.3. The molecule has 0 spiro atoms. The minimum absolute atomic E-state index is 0.145. The summed E-state index contributed by atoms with van der Waals surface area (Å²) in [5.74, 6) is 0.157. The second kappa shape index (κ2) is 10.5. The lowest BCUT2D eigenvalue weighted by molar-refractivity contribution is 0.0944. The second-order valence-corrected chi connectivity index (χ2v) is 5.41. The van der Waals surface area contributed by atoms with Crippen LogP contribution in [0.2, 0.25) is 0 Å². The zero-order chi connectivity index (χ0) is 15.5. The van der Waals surface area contributed by atoms with E-state index in [2.05, 4.69) is 19.2 Å². The Kier molecular flexibility index (Phi) is 8.95. The van der Waals surface area contributed by atoms with Crippen LogP contribution < -0.4 is 5.32 Å². The molecule has 1 aromatic rings. The molecule has 0 fully saturated rings. The van der Waals surface area contributed by atoms with Crippen LogP contribution in [0.25, 0.3) is 0 Å². The largest absolute Gasteiger partial charge is 0.381 e. The number of rotatable bonds is 11. The zero-order valence-electron chi connectivity index (χ0n) is 13.7. The highest BCUT2D eigenvalue weighted by atomic mass is 16.5. The molecule has 118 valence electrons. The number of Topliss-reactive ketones (excluding diaryl/α,β-unsaturated/α-hetero) is 1. The van der Waals surface area contributed by atoms with Gasteiger partial charge >= 0.3 is 0 Å². The molecule has 3 heteroatoms. The van der Waals surface area contributed by atoms with Gasteiger partial charge in [-0.05, 0) is 38.3 Å². The molecule has 0 aliphatic carbocycles. The van der Waals surface area contributed by atoms with Crippen LogP contribution >= 0.6 is 0 Å². The van der Waals surface area contributed by atoms with Crippen LogP contribution in [-0.2, 0) is 11.2 Å². The van der Waals surface area contributed by atoms with Crippen molar-refractivity contribution in [3.05, 3.63) is 35.4 Å². The van der Waals surface area contributed by atoms with Crippen LogP contribution in [0, 0.1) is 0 Å². The summed E-state index contributed by atoms with van der Waals surface area (Å²) < 4.78 is 5.50. The monoisotopic (exact) mass is 291 g/mol. The number of ketones is 1. The van der Waals surface area contributed by atoms with Crippen LogP contribution in [0.1, 0.15) is 56.0 Å². The van der Waals surface area contributed by atoms with Gasteiger partial charge in [-0.15, -0.1) is 0 Å². The van der Waals surface area contributed by atoms with Gasteiger partial charge in [-0.25, -0.2) is 0 Å². The Labute approximate surface area is 129 Å². The van der Waals surface area contributed by atoms with Crippen LogP contribution in [-0.4, -0.2) is 31.6 Å². The van der Waals surface area contributed by atoms with Crippen LogP contribution in [0.15, 0.2) is 24.3 Å². The molecule has 0 radical (unpaired) electrons. The predicted octanol–water partition coefficient (Wildman–Crippen LogP) is 3.62. The van der Waals surface area contributed by atoms with Gasteiger partial charge in [0.2, 0.25) is 0 Å². The Hall–Kier alpha value is -1.19. The van der Waals surface area contributed by atoms with Crippen molar-refractivity contribution in [3.63, 3.8) is 0 Å². The summed E-state index contributed by atoms with van der Waals surface area (Å²) in [5, 5.41) is 3.27. The van der Waals surface area contributed by atoms with Crippen molar-refractivity contribution in [1.29, 1.82) is 0 Å². The summed E-state index contributed by atoms with van der Waals surface area (Å²) in [6.45, 7) is 8.61. The minimum Gasteiger partial charge on any atom is -0.381 e. The second-order valence-electron chi connectivity index (χ2n) is 5.41. The molecule has 1 atom stereocenters. The van der Waals surface area contributed by atoms with Gasteiger partial charge in [0.25, 0.3) is 0 Å². The van der Waals surface area contributed by atoms with Gasteiger partial charge in [-0.2, -0.15) is 0 Å². The van der Waals surface area contributed by atoms with Gasteiger partial charge in [0.05, 0.1) is 6.04 Å². The molecule has 0 amide bonds. The summed E-state index contributed by atoms with van der Waals surface area (Å²) in [5.41, 5.74) is 2.04. The lowest BCUT2D eigenvalue weighted by atomic mass is 10.0. The third kappa shape index (κ3) is 6.87. The van der Waals surface area contributed by atoms with Crippen molar-refractivity contribution in [2.75, 3.05) is 19.8 Å². The smallest absolute Gasteiger partial charge is 0.179 e. The van der Waals surface area contributed by atoms with Gasteiger partial charge in [0.15, 0.2) is 5.78 Å². The molecule has 0 bridgehead atoms. The first-order valence-corrected chi connectivity index (χ1v) is 8.13. The molecule has 1 rings (SSSR count). The maximum Gasteiger partial charge on any atom is 0.179 e. The number of unbranched alkanes of at least 4 members (excludes halogenated alkanes) is 1. The molecule has 0 aromatic heterocycles. The van der Waals surface area contributed by atoms with Gasteiger partial charge in [0.1, 0.15) is 0 Å². The first-order chi connectivity index (χ1) is 10.2. The van der Waals surface area contributed by atoms with E-state index < -0.39 is 0 Å². The Morgan fingerprint density at radius 2 is 1.81 bits per heavy atom. The molecule has 0 aliphatic rings. The summed E-state index contributed by atoms with van der Waals surface area (Å²) in [6.07, 6.45) is 4.23. The predicted molar refractivity (Wildman–Crippen MR) is 88.0 cm³/mol. The van der Waals surface area contributed by atoms with E-state index in [1.807, 2.05) is 31.2 Å². The molecule has 0 aliphatic heterocycles. The molecular weight excluding hydrogens is 262 g/mol. The third-order valence-corrected chi connectivity index (χ3v) is 3.60. The number of hydrogen-bond acceptors (Lipinski definition) is 3. The highest BCUT2D eigenvalue weighted by molar-refractivity contribution is 5.99. The normalized spacial score (nSPS) is 12.3. The lowest BCUT2D eigenvalue weighted by Gasteiger charge is -2.13. The van der Waals surface area contributed by atoms with Crippen molar-refractivity contribution in [2.45, 2.75) is 52.5 Å². The number of benzene rings is 1. The van der Waals surface area contributed by atoms with Crippen molar-refractivity contribution in [3.8, 4) is 0 Å². The van der Waals surface area contributed by atoms with Crippen molar-refractivity contribution < 1.29 is 9.53 Å². The van der Waals surface area contributed by atoms with Crippen LogP contribution in [0.4, 0.5) is 0 Å². The Balaban J connectivity index is 2.24. The maximum atomic E-state index is 12.3. The molecule has 0 heterocycles. The fourth-order valence-corrected chi connectivity index (χ4v) is 2.09. The van der Waals surface area contributed by atoms with E-state index in [1.54, 1.807) is 0 Å². The number of hydrogen-bond donors (Lipinski definition) is 1. The SMILES string of the molecule is CCCCOCCCNC(C)C(=O)c1ccc(CC)cc1. The van der Waals surface area contributed by atoms with Crippen LogP contribution in [0.5, 0.6) is 0 Å². The van der Waals surface area contributed by atoms with Crippen LogP contribution in [0.3, 0.4) is 0 Å². The molecule has 1 aromatic carbocycles. The van der Waals surface area contributed by atoms with E-state index in [9.17, 15) is 4.79 Å². The Morgan fingerprint density at radius 1 is 1.14 bits per heavy atom.